The molecule has 0 radical (unpaired) electrons. The van der Waals surface area contributed by atoms with Gasteiger partial charge in [0.2, 0.25) is 0 Å². The fourth-order valence-electron chi connectivity index (χ4n) is 3.43. The van der Waals surface area contributed by atoms with E-state index in [1.165, 1.54) is 23.1 Å². The Kier molecular flexibility index (Phi) is 2.95. The quantitative estimate of drug-likeness (QED) is 0.865. The standard InChI is InChI=1S/C16H23NO/c1-17(2)13-8-7-12-5-3-6-15(14(12)11-13)16(18)9-4-10-16/h3,5-6,13,18H,4,7-11H2,1-2H3/t13-/m1/s1. The number of likely N-dealkylation sites (N-methyl/N-ethyl adjacent to an activating group) is 1. The molecular weight excluding hydrogens is 222 g/mol. The van der Waals surface area contributed by atoms with Gasteiger partial charge in [0.05, 0.1) is 5.60 Å². The van der Waals surface area contributed by atoms with Crippen molar-refractivity contribution in [1.29, 1.82) is 0 Å². The third-order valence-corrected chi connectivity index (χ3v) is 4.87. The molecule has 2 aliphatic rings. The largest absolute Gasteiger partial charge is 0.385 e. The van der Waals surface area contributed by atoms with E-state index in [-0.39, 0.29) is 0 Å². The first-order valence-corrected chi connectivity index (χ1v) is 7.10. The summed E-state index contributed by atoms with van der Waals surface area (Å²) in [6.07, 6.45) is 6.54. The number of benzene rings is 1. The summed E-state index contributed by atoms with van der Waals surface area (Å²) < 4.78 is 0. The average molecular weight is 245 g/mol. The van der Waals surface area contributed by atoms with Crippen molar-refractivity contribution >= 4 is 0 Å². The monoisotopic (exact) mass is 245 g/mol. The molecule has 0 saturated heterocycles. The molecule has 1 saturated carbocycles. The molecule has 0 heterocycles. The topological polar surface area (TPSA) is 23.5 Å². The van der Waals surface area contributed by atoms with E-state index in [4.69, 9.17) is 0 Å². The maximum Gasteiger partial charge on any atom is 0.0899 e. The van der Waals surface area contributed by atoms with Gasteiger partial charge in [-0.1, -0.05) is 18.2 Å². The van der Waals surface area contributed by atoms with Gasteiger partial charge in [-0.05, 0) is 69.3 Å². The van der Waals surface area contributed by atoms with Crippen molar-refractivity contribution in [2.24, 2.45) is 0 Å². The molecule has 0 spiro atoms. The van der Waals surface area contributed by atoms with Gasteiger partial charge in [0, 0.05) is 6.04 Å². The number of hydrogen-bond acceptors (Lipinski definition) is 2. The predicted molar refractivity (Wildman–Crippen MR) is 73.7 cm³/mol. The molecule has 18 heavy (non-hydrogen) atoms. The molecular formula is C16H23NO. The highest BCUT2D eigenvalue weighted by atomic mass is 16.3. The van der Waals surface area contributed by atoms with E-state index in [2.05, 4.69) is 37.2 Å². The number of aliphatic hydroxyl groups is 1. The van der Waals surface area contributed by atoms with Gasteiger partial charge in [-0.15, -0.1) is 0 Å². The second kappa shape index (κ2) is 4.36. The fourth-order valence-corrected chi connectivity index (χ4v) is 3.43. The van der Waals surface area contributed by atoms with Crippen molar-refractivity contribution in [1.82, 2.24) is 4.90 Å². The molecule has 2 aliphatic carbocycles. The summed E-state index contributed by atoms with van der Waals surface area (Å²) in [5, 5.41) is 10.6. The minimum absolute atomic E-state index is 0.514. The molecule has 0 unspecified atom stereocenters. The maximum absolute atomic E-state index is 10.6. The van der Waals surface area contributed by atoms with Crippen molar-refractivity contribution in [2.75, 3.05) is 14.1 Å². The summed E-state index contributed by atoms with van der Waals surface area (Å²) in [6.45, 7) is 0. The second-order valence-corrected chi connectivity index (χ2v) is 6.19. The van der Waals surface area contributed by atoms with E-state index < -0.39 is 5.60 Å². The lowest BCUT2D eigenvalue weighted by atomic mass is 9.70. The first kappa shape index (κ1) is 12.2. The van der Waals surface area contributed by atoms with Crippen LogP contribution in [0.2, 0.25) is 0 Å². The van der Waals surface area contributed by atoms with Crippen LogP contribution in [0.3, 0.4) is 0 Å². The Bertz CT molecular complexity index is 448. The molecule has 1 aromatic rings. The number of hydrogen-bond donors (Lipinski definition) is 1. The van der Waals surface area contributed by atoms with E-state index in [1.54, 1.807) is 0 Å². The lowest BCUT2D eigenvalue weighted by Crippen LogP contribution is -2.38. The smallest absolute Gasteiger partial charge is 0.0899 e. The van der Waals surface area contributed by atoms with E-state index >= 15 is 0 Å². The molecule has 1 atom stereocenters. The van der Waals surface area contributed by atoms with E-state index in [1.807, 2.05) is 0 Å². The Morgan fingerprint density at radius 3 is 2.67 bits per heavy atom. The van der Waals surface area contributed by atoms with Crippen LogP contribution < -0.4 is 0 Å². The summed E-state index contributed by atoms with van der Waals surface area (Å²) in [6, 6.07) is 7.14. The van der Waals surface area contributed by atoms with Crippen LogP contribution >= 0.6 is 0 Å². The summed E-state index contributed by atoms with van der Waals surface area (Å²) in [5.41, 5.74) is 3.60. The highest BCUT2D eigenvalue weighted by molar-refractivity contribution is 5.42. The van der Waals surface area contributed by atoms with Crippen molar-refractivity contribution in [3.05, 3.63) is 34.9 Å². The third kappa shape index (κ3) is 1.88. The van der Waals surface area contributed by atoms with Gasteiger partial charge in [0.25, 0.3) is 0 Å². The Labute approximate surface area is 110 Å². The Morgan fingerprint density at radius 1 is 1.28 bits per heavy atom. The first-order valence-electron chi connectivity index (χ1n) is 7.10. The van der Waals surface area contributed by atoms with Gasteiger partial charge in [-0.3, -0.25) is 0 Å². The SMILES string of the molecule is CN(C)[C@@H]1CCc2cccc(C3(O)CCC3)c2C1. The number of rotatable bonds is 2. The predicted octanol–water partition coefficient (Wildman–Crippen LogP) is 2.48. The molecule has 1 aromatic carbocycles. The number of fused-ring (bicyclic) bond motifs is 1. The first-order chi connectivity index (χ1) is 8.60. The van der Waals surface area contributed by atoms with Crippen LogP contribution in [0.5, 0.6) is 0 Å². The minimum Gasteiger partial charge on any atom is -0.385 e. The third-order valence-electron chi connectivity index (χ3n) is 4.87. The van der Waals surface area contributed by atoms with Crippen LogP contribution in [-0.2, 0) is 18.4 Å². The van der Waals surface area contributed by atoms with Crippen LogP contribution in [0, 0.1) is 0 Å². The van der Waals surface area contributed by atoms with Gasteiger partial charge in [0.15, 0.2) is 0 Å². The lowest BCUT2D eigenvalue weighted by Gasteiger charge is -2.41. The molecule has 3 rings (SSSR count). The number of nitrogens with zero attached hydrogens (tertiary/aromatic N) is 1. The van der Waals surface area contributed by atoms with E-state index in [0.29, 0.717) is 6.04 Å². The van der Waals surface area contributed by atoms with Crippen LogP contribution in [0.25, 0.3) is 0 Å². The molecule has 1 fully saturated rings. The van der Waals surface area contributed by atoms with Crippen LogP contribution in [0.1, 0.15) is 42.4 Å². The number of aryl methyl sites for hydroxylation is 1. The second-order valence-electron chi connectivity index (χ2n) is 6.19. The Morgan fingerprint density at radius 2 is 2.06 bits per heavy atom. The van der Waals surface area contributed by atoms with Crippen molar-refractivity contribution in [2.45, 2.75) is 50.2 Å². The zero-order chi connectivity index (χ0) is 12.8. The lowest BCUT2D eigenvalue weighted by molar-refractivity contribution is -0.0398. The molecule has 0 aromatic heterocycles. The highest BCUT2D eigenvalue weighted by Gasteiger charge is 2.39. The summed E-state index contributed by atoms with van der Waals surface area (Å²) in [4.78, 5) is 2.32. The Balaban J connectivity index is 1.98. The van der Waals surface area contributed by atoms with Gasteiger partial charge in [0.1, 0.15) is 0 Å². The van der Waals surface area contributed by atoms with E-state index in [9.17, 15) is 5.11 Å². The highest BCUT2D eigenvalue weighted by Crippen LogP contribution is 2.44. The molecule has 0 aliphatic heterocycles. The molecule has 1 N–H and O–H groups in total. The van der Waals surface area contributed by atoms with Gasteiger partial charge in [-0.2, -0.15) is 0 Å². The molecule has 0 amide bonds. The zero-order valence-electron chi connectivity index (χ0n) is 11.4. The van der Waals surface area contributed by atoms with Crippen molar-refractivity contribution < 1.29 is 5.11 Å². The fraction of sp³-hybridized carbons (Fsp3) is 0.625. The minimum atomic E-state index is -0.514. The van der Waals surface area contributed by atoms with Crippen LogP contribution in [0.4, 0.5) is 0 Å². The van der Waals surface area contributed by atoms with Crippen LogP contribution in [-0.4, -0.2) is 30.1 Å². The summed E-state index contributed by atoms with van der Waals surface area (Å²) in [5.74, 6) is 0. The molecule has 98 valence electrons. The van der Waals surface area contributed by atoms with E-state index in [0.717, 1.165) is 32.1 Å². The van der Waals surface area contributed by atoms with Gasteiger partial charge >= 0.3 is 0 Å². The zero-order valence-corrected chi connectivity index (χ0v) is 11.4. The summed E-state index contributed by atoms with van der Waals surface area (Å²) >= 11 is 0. The molecule has 0 bridgehead atoms. The molecule has 2 heteroatoms. The maximum atomic E-state index is 10.6. The average Bonchev–Trinajstić information content (AvgIpc) is 2.34. The Hall–Kier alpha value is -0.860. The summed E-state index contributed by atoms with van der Waals surface area (Å²) in [7, 11) is 4.33. The molecule has 2 nitrogen and oxygen atoms in total. The van der Waals surface area contributed by atoms with Crippen LogP contribution in [0.15, 0.2) is 18.2 Å². The van der Waals surface area contributed by atoms with Gasteiger partial charge in [-0.25, -0.2) is 0 Å². The van der Waals surface area contributed by atoms with Crippen molar-refractivity contribution in [3.63, 3.8) is 0 Å². The van der Waals surface area contributed by atoms with Gasteiger partial charge < -0.3 is 10.0 Å². The normalized spacial score (nSPS) is 25.7. The van der Waals surface area contributed by atoms with Crippen molar-refractivity contribution in [3.8, 4) is 0 Å².